The second-order valence-corrected chi connectivity index (χ2v) is 12.6. The van der Waals surface area contributed by atoms with Crippen LogP contribution in [0.2, 0.25) is 0 Å². The maximum atomic E-state index is 15.0. The summed E-state index contributed by atoms with van der Waals surface area (Å²) in [6.07, 6.45) is 3.38. The van der Waals surface area contributed by atoms with Gasteiger partial charge in [-0.3, -0.25) is 14.3 Å². The van der Waals surface area contributed by atoms with Crippen molar-refractivity contribution in [3.63, 3.8) is 0 Å². The number of amides is 2. The fourth-order valence-corrected chi connectivity index (χ4v) is 7.10. The Morgan fingerprint density at radius 1 is 0.980 bits per heavy atom. The van der Waals surface area contributed by atoms with Gasteiger partial charge in [0, 0.05) is 42.0 Å². The SMILES string of the molecule is CCNC(=O)Nc1ccc(-c2sc3c(c2CN(C)CC(C)n2ccnn2)c(=O)n(-c2ccccc2)c(=O)n3Cc2c(F)cccc2F)cc1. The third-order valence-electron chi connectivity index (χ3n) is 8.10. The lowest BCUT2D eigenvalue weighted by atomic mass is 10.1. The predicted molar refractivity (Wildman–Crippen MR) is 186 cm³/mol. The number of para-hydroxylation sites is 1. The number of carbonyl (C=O) groups is 1. The number of hydrogen-bond acceptors (Lipinski definition) is 7. The van der Waals surface area contributed by atoms with Gasteiger partial charge in [-0.05, 0) is 68.4 Å². The number of anilines is 1. The molecule has 252 valence electrons. The lowest BCUT2D eigenvalue weighted by molar-refractivity contribution is 0.252. The standard InChI is InChI=1S/C35H34F2N8O3S/c1-4-38-34(47)40-24-15-13-23(14-16-24)31-27(20-42(3)19-22(2)44-18-17-39-41-44)30-32(46)45(25-9-6-5-7-10-25)35(48)43(33(30)49-31)21-26-28(36)11-8-12-29(26)37/h5-18,22H,4,19-21H2,1-3H3,(H2,38,40,47). The van der Waals surface area contributed by atoms with Gasteiger partial charge in [0.15, 0.2) is 0 Å². The van der Waals surface area contributed by atoms with Gasteiger partial charge in [0.2, 0.25) is 0 Å². The van der Waals surface area contributed by atoms with Gasteiger partial charge in [0.05, 0.1) is 29.9 Å². The molecule has 3 heterocycles. The molecule has 0 aliphatic heterocycles. The molecule has 49 heavy (non-hydrogen) atoms. The van der Waals surface area contributed by atoms with E-state index in [0.717, 1.165) is 22.3 Å². The zero-order chi connectivity index (χ0) is 34.7. The van der Waals surface area contributed by atoms with Gasteiger partial charge in [-0.25, -0.2) is 27.6 Å². The highest BCUT2D eigenvalue weighted by molar-refractivity contribution is 7.22. The summed E-state index contributed by atoms with van der Waals surface area (Å²) in [5, 5.41) is 13.8. The number of nitrogens with one attached hydrogen (secondary N) is 2. The highest BCUT2D eigenvalue weighted by atomic mass is 32.1. The van der Waals surface area contributed by atoms with Gasteiger partial charge in [0.25, 0.3) is 5.56 Å². The van der Waals surface area contributed by atoms with E-state index in [9.17, 15) is 14.4 Å². The largest absolute Gasteiger partial charge is 0.338 e. The van der Waals surface area contributed by atoms with E-state index in [1.54, 1.807) is 59.5 Å². The van der Waals surface area contributed by atoms with E-state index in [-0.39, 0.29) is 27.9 Å². The van der Waals surface area contributed by atoms with E-state index in [0.29, 0.717) is 41.4 Å². The maximum Gasteiger partial charge on any atom is 0.337 e. The normalized spacial score (nSPS) is 12.0. The minimum absolute atomic E-state index is 0.0522. The molecular formula is C35H34F2N8O3S. The fraction of sp³-hybridized carbons (Fsp3) is 0.229. The first-order chi connectivity index (χ1) is 23.7. The Morgan fingerprint density at radius 3 is 2.35 bits per heavy atom. The second-order valence-electron chi connectivity index (χ2n) is 11.6. The van der Waals surface area contributed by atoms with Crippen molar-refractivity contribution < 1.29 is 13.6 Å². The number of fused-ring (bicyclic) bond motifs is 1. The average Bonchev–Trinajstić information content (AvgIpc) is 3.75. The summed E-state index contributed by atoms with van der Waals surface area (Å²) in [5.41, 5.74) is 0.721. The van der Waals surface area contributed by atoms with E-state index in [2.05, 4.69) is 20.9 Å². The summed E-state index contributed by atoms with van der Waals surface area (Å²) in [4.78, 5) is 43.9. The number of halogens is 2. The Morgan fingerprint density at radius 2 is 1.69 bits per heavy atom. The van der Waals surface area contributed by atoms with Crippen molar-refractivity contribution in [3.8, 4) is 16.1 Å². The molecule has 0 aliphatic rings. The summed E-state index contributed by atoms with van der Waals surface area (Å²) in [5.74, 6) is -1.60. The Labute approximate surface area is 284 Å². The van der Waals surface area contributed by atoms with Gasteiger partial charge < -0.3 is 10.6 Å². The molecule has 1 unspecified atom stereocenters. The first-order valence-corrected chi connectivity index (χ1v) is 16.5. The molecule has 1 atom stereocenters. The number of nitrogens with zero attached hydrogens (tertiary/aromatic N) is 6. The highest BCUT2D eigenvalue weighted by Gasteiger charge is 2.26. The van der Waals surface area contributed by atoms with Crippen LogP contribution in [0, 0.1) is 11.6 Å². The summed E-state index contributed by atoms with van der Waals surface area (Å²) in [7, 11) is 1.92. The average molecular weight is 685 g/mol. The summed E-state index contributed by atoms with van der Waals surface area (Å²) >= 11 is 1.20. The van der Waals surface area contributed by atoms with Gasteiger partial charge in [-0.1, -0.05) is 41.6 Å². The van der Waals surface area contributed by atoms with E-state index in [1.165, 1.54) is 22.0 Å². The van der Waals surface area contributed by atoms with Crippen molar-refractivity contribution >= 4 is 33.3 Å². The minimum Gasteiger partial charge on any atom is -0.338 e. The van der Waals surface area contributed by atoms with Crippen molar-refractivity contribution in [2.45, 2.75) is 33.0 Å². The van der Waals surface area contributed by atoms with Crippen LogP contribution in [0.5, 0.6) is 0 Å². The number of thiophene rings is 1. The zero-order valence-electron chi connectivity index (χ0n) is 27.1. The number of hydrogen-bond donors (Lipinski definition) is 2. The number of aromatic nitrogens is 5. The molecular weight excluding hydrogens is 651 g/mol. The minimum atomic E-state index is -0.799. The molecule has 11 nitrogen and oxygen atoms in total. The third kappa shape index (κ3) is 6.91. The summed E-state index contributed by atoms with van der Waals surface area (Å²) in [6.45, 7) is 4.70. The molecule has 0 saturated heterocycles. The van der Waals surface area contributed by atoms with Crippen LogP contribution in [0.1, 0.15) is 31.0 Å². The van der Waals surface area contributed by atoms with Gasteiger partial charge in [-0.2, -0.15) is 0 Å². The van der Waals surface area contributed by atoms with Crippen LogP contribution in [-0.2, 0) is 13.1 Å². The predicted octanol–water partition coefficient (Wildman–Crippen LogP) is 5.63. The molecule has 0 saturated carbocycles. The Bertz CT molecular complexity index is 2190. The van der Waals surface area contributed by atoms with Gasteiger partial charge in [0.1, 0.15) is 16.5 Å². The van der Waals surface area contributed by atoms with Crippen LogP contribution in [-0.4, -0.2) is 55.2 Å². The molecule has 0 aliphatic carbocycles. The zero-order valence-corrected chi connectivity index (χ0v) is 27.9. The molecule has 6 rings (SSSR count). The molecule has 2 N–H and O–H groups in total. The molecule has 14 heteroatoms. The van der Waals surface area contributed by atoms with Crippen LogP contribution in [0.15, 0.2) is 94.8 Å². The van der Waals surface area contributed by atoms with Crippen molar-refractivity contribution in [2.24, 2.45) is 0 Å². The molecule has 6 aromatic rings. The van der Waals surface area contributed by atoms with Gasteiger partial charge >= 0.3 is 11.7 Å². The molecule has 2 amide bonds. The van der Waals surface area contributed by atoms with E-state index < -0.39 is 29.4 Å². The molecule has 0 fully saturated rings. The van der Waals surface area contributed by atoms with Crippen molar-refractivity contribution in [1.29, 1.82) is 0 Å². The number of urea groups is 1. The topological polar surface area (TPSA) is 119 Å². The molecule has 3 aromatic carbocycles. The third-order valence-corrected chi connectivity index (χ3v) is 9.41. The van der Waals surface area contributed by atoms with Crippen molar-refractivity contribution in [3.05, 3.63) is 129 Å². The quantitative estimate of drug-likeness (QED) is 0.183. The van der Waals surface area contributed by atoms with Crippen LogP contribution in [0.25, 0.3) is 26.3 Å². The van der Waals surface area contributed by atoms with E-state index in [4.69, 9.17) is 0 Å². The molecule has 0 radical (unpaired) electrons. The Hall–Kier alpha value is -5.47. The fourth-order valence-electron chi connectivity index (χ4n) is 5.80. The lowest BCUT2D eigenvalue weighted by Crippen LogP contribution is -2.39. The highest BCUT2D eigenvalue weighted by Crippen LogP contribution is 2.38. The smallest absolute Gasteiger partial charge is 0.337 e. The molecule has 3 aromatic heterocycles. The first kappa shape index (κ1) is 33.4. The summed E-state index contributed by atoms with van der Waals surface area (Å²) < 4.78 is 34.1. The Balaban J connectivity index is 1.57. The number of likely N-dealkylation sites (N-methyl/N-ethyl adjacent to an activating group) is 1. The van der Waals surface area contributed by atoms with Crippen LogP contribution in [0.3, 0.4) is 0 Å². The van der Waals surface area contributed by atoms with Gasteiger partial charge in [-0.15, -0.1) is 16.4 Å². The van der Waals surface area contributed by atoms with E-state index in [1.807, 2.05) is 37.9 Å². The van der Waals surface area contributed by atoms with Crippen LogP contribution < -0.4 is 21.9 Å². The molecule has 0 spiro atoms. The van der Waals surface area contributed by atoms with Crippen LogP contribution in [0.4, 0.5) is 19.3 Å². The van der Waals surface area contributed by atoms with Crippen molar-refractivity contribution in [1.82, 2.24) is 34.3 Å². The monoisotopic (exact) mass is 684 g/mol. The number of rotatable bonds is 11. The number of carbonyl (C=O) groups excluding carboxylic acids is 1. The van der Waals surface area contributed by atoms with Crippen LogP contribution >= 0.6 is 11.3 Å². The maximum absolute atomic E-state index is 15.0. The number of benzene rings is 3. The molecule has 0 bridgehead atoms. The Kier molecular flexibility index (Phi) is 9.78. The first-order valence-electron chi connectivity index (χ1n) is 15.6. The second kappa shape index (κ2) is 14.3. The van der Waals surface area contributed by atoms with Crippen molar-refractivity contribution in [2.75, 3.05) is 25.5 Å². The summed E-state index contributed by atoms with van der Waals surface area (Å²) in [6, 6.07) is 18.8. The van der Waals surface area contributed by atoms with E-state index >= 15 is 8.78 Å². The lowest BCUT2D eigenvalue weighted by Gasteiger charge is -2.22.